The lowest BCUT2D eigenvalue weighted by Gasteiger charge is -2.31. The van der Waals surface area contributed by atoms with E-state index in [1.54, 1.807) is 12.1 Å². The number of aromatic nitrogens is 1. The van der Waals surface area contributed by atoms with Gasteiger partial charge in [-0.15, -0.1) is 0 Å². The molecule has 3 aromatic rings. The number of unbranched alkanes of at least 4 members (excludes halogenated alkanes) is 1. The highest BCUT2D eigenvalue weighted by atomic mass is 35.5. The number of halogens is 1. The van der Waals surface area contributed by atoms with Gasteiger partial charge >= 0.3 is 5.97 Å². The second kappa shape index (κ2) is 13.2. The van der Waals surface area contributed by atoms with Crippen LogP contribution in [-0.4, -0.2) is 43.9 Å². The lowest BCUT2D eigenvalue weighted by atomic mass is 9.99. The average molecular weight is 515 g/mol. The number of carboxylic acids is 1. The molecule has 8 heteroatoms. The maximum Gasteiger partial charge on any atom is 0.305 e. The Morgan fingerprint density at radius 3 is 2.36 bits per heavy atom. The maximum absolute atomic E-state index is 11.8. The maximum atomic E-state index is 11.8. The lowest BCUT2D eigenvalue weighted by Crippen LogP contribution is -2.31. The fraction of sp³-hybridized carbons (Fsp3) is 0.393. The minimum atomic E-state index is -0.839. The van der Waals surface area contributed by atoms with Crippen molar-refractivity contribution in [3.63, 3.8) is 0 Å². The van der Waals surface area contributed by atoms with Crippen LogP contribution < -0.4 is 4.74 Å². The van der Waals surface area contributed by atoms with Crippen LogP contribution in [0.5, 0.6) is 17.5 Å². The van der Waals surface area contributed by atoms with E-state index in [1.807, 2.05) is 24.3 Å². The van der Waals surface area contributed by atoms with Crippen molar-refractivity contribution in [1.82, 2.24) is 9.47 Å². The molecular formula is C28H35ClN2O5. The molecule has 0 fully saturated rings. The van der Waals surface area contributed by atoms with E-state index in [-0.39, 0.29) is 24.2 Å². The van der Waals surface area contributed by atoms with Gasteiger partial charge in [0.05, 0.1) is 13.0 Å². The van der Waals surface area contributed by atoms with Crippen molar-refractivity contribution >= 4 is 17.6 Å². The first kappa shape index (κ1) is 27.4. The number of nitrogens with zero attached hydrogens (tertiary/aromatic N) is 2. The van der Waals surface area contributed by atoms with Crippen molar-refractivity contribution in [1.29, 1.82) is 0 Å². The van der Waals surface area contributed by atoms with Gasteiger partial charge in [-0.25, -0.2) is 0 Å². The molecular weight excluding hydrogens is 480 g/mol. The number of aromatic hydroxyl groups is 2. The van der Waals surface area contributed by atoms with Gasteiger partial charge in [-0.3, -0.25) is 14.3 Å². The van der Waals surface area contributed by atoms with Crippen LogP contribution in [0.2, 0.25) is 5.02 Å². The van der Waals surface area contributed by atoms with Gasteiger partial charge in [0, 0.05) is 29.7 Å². The molecule has 0 aliphatic carbocycles. The molecule has 0 aliphatic rings. The summed E-state index contributed by atoms with van der Waals surface area (Å²) in [4.78, 5) is 14.0. The van der Waals surface area contributed by atoms with Crippen molar-refractivity contribution in [3.8, 4) is 17.5 Å². The number of hydrogen-bond acceptors (Lipinski definition) is 5. The summed E-state index contributed by atoms with van der Waals surface area (Å²) in [6.07, 6.45) is 2.75. The molecule has 194 valence electrons. The van der Waals surface area contributed by atoms with E-state index < -0.39 is 5.97 Å². The molecule has 0 saturated heterocycles. The van der Waals surface area contributed by atoms with Gasteiger partial charge in [0.2, 0.25) is 0 Å². The van der Waals surface area contributed by atoms with E-state index in [0.717, 1.165) is 48.2 Å². The van der Waals surface area contributed by atoms with Crippen molar-refractivity contribution in [2.24, 2.45) is 0 Å². The SMILES string of the molecule is CCCCN(Cc1ccc(OCCn2c(O)ccc2O)c(CC)c1)C(CC(=O)O)c1ccc(Cl)cc1. The van der Waals surface area contributed by atoms with Crippen LogP contribution in [0.3, 0.4) is 0 Å². The molecule has 1 aromatic heterocycles. The largest absolute Gasteiger partial charge is 0.494 e. The molecule has 2 aromatic carbocycles. The van der Waals surface area contributed by atoms with Gasteiger partial charge in [0.1, 0.15) is 12.4 Å². The fourth-order valence-corrected chi connectivity index (χ4v) is 4.45. The third kappa shape index (κ3) is 7.42. The number of carboxylic acid groups (broad SMARTS) is 1. The van der Waals surface area contributed by atoms with Gasteiger partial charge in [0.15, 0.2) is 11.8 Å². The van der Waals surface area contributed by atoms with Gasteiger partial charge in [-0.2, -0.15) is 0 Å². The van der Waals surface area contributed by atoms with Crippen LogP contribution in [0.25, 0.3) is 0 Å². The highest BCUT2D eigenvalue weighted by Crippen LogP contribution is 2.30. The molecule has 1 heterocycles. The molecule has 0 bridgehead atoms. The summed E-state index contributed by atoms with van der Waals surface area (Å²) in [6, 6.07) is 16.1. The van der Waals surface area contributed by atoms with Crippen molar-refractivity contribution in [2.75, 3.05) is 13.2 Å². The Kier molecular flexibility index (Phi) is 10.1. The first-order valence-corrected chi connectivity index (χ1v) is 12.7. The normalized spacial score (nSPS) is 12.1. The molecule has 0 aliphatic heterocycles. The average Bonchev–Trinajstić information content (AvgIpc) is 3.18. The number of aliphatic carboxylic acids is 1. The zero-order valence-corrected chi connectivity index (χ0v) is 21.6. The topological polar surface area (TPSA) is 95.2 Å². The predicted molar refractivity (Wildman–Crippen MR) is 141 cm³/mol. The lowest BCUT2D eigenvalue weighted by molar-refractivity contribution is -0.138. The zero-order chi connectivity index (χ0) is 26.1. The van der Waals surface area contributed by atoms with E-state index in [1.165, 1.54) is 16.7 Å². The standard InChI is InChI=1S/C28H35ClN2O5/c1-3-5-14-30(24(18-28(34)35)22-7-9-23(29)10-8-22)19-20-6-11-25(21(4-2)17-20)36-16-15-31-26(32)12-13-27(31)33/h6-13,17,24,32-33H,3-5,14-16,18-19H2,1-2H3,(H,34,35). The third-order valence-corrected chi connectivity index (χ3v) is 6.51. The molecule has 0 saturated carbocycles. The monoisotopic (exact) mass is 514 g/mol. The highest BCUT2D eigenvalue weighted by molar-refractivity contribution is 6.30. The van der Waals surface area contributed by atoms with E-state index >= 15 is 0 Å². The molecule has 3 rings (SSSR count). The summed E-state index contributed by atoms with van der Waals surface area (Å²) < 4.78 is 7.35. The predicted octanol–water partition coefficient (Wildman–Crippen LogP) is 6.01. The number of hydrogen-bond donors (Lipinski definition) is 3. The van der Waals surface area contributed by atoms with Crippen LogP contribution >= 0.6 is 11.6 Å². The van der Waals surface area contributed by atoms with Crippen LogP contribution in [-0.2, 0) is 24.3 Å². The van der Waals surface area contributed by atoms with Gasteiger partial charge in [-0.05, 0) is 54.3 Å². The Balaban J connectivity index is 1.77. The number of rotatable bonds is 14. The van der Waals surface area contributed by atoms with Crippen LogP contribution in [0, 0.1) is 0 Å². The van der Waals surface area contributed by atoms with E-state index in [0.29, 0.717) is 24.7 Å². The Morgan fingerprint density at radius 2 is 1.75 bits per heavy atom. The van der Waals surface area contributed by atoms with E-state index in [9.17, 15) is 20.1 Å². The second-order valence-electron chi connectivity index (χ2n) is 8.83. The summed E-state index contributed by atoms with van der Waals surface area (Å²) in [6.45, 7) is 6.19. The number of carbonyl (C=O) groups is 1. The van der Waals surface area contributed by atoms with Crippen LogP contribution in [0.15, 0.2) is 54.6 Å². The quantitative estimate of drug-likeness (QED) is 0.244. The van der Waals surface area contributed by atoms with Gasteiger partial charge < -0.3 is 20.1 Å². The molecule has 3 N–H and O–H groups in total. The summed E-state index contributed by atoms with van der Waals surface area (Å²) in [5.74, 6) is -0.0987. The minimum absolute atomic E-state index is 0.00621. The number of ether oxygens (including phenoxy) is 1. The van der Waals surface area contributed by atoms with Crippen LogP contribution in [0.1, 0.15) is 55.8 Å². The number of benzene rings is 2. The molecule has 0 radical (unpaired) electrons. The Morgan fingerprint density at radius 1 is 1.06 bits per heavy atom. The molecule has 36 heavy (non-hydrogen) atoms. The first-order valence-electron chi connectivity index (χ1n) is 12.4. The summed E-state index contributed by atoms with van der Waals surface area (Å²) in [5, 5.41) is 29.9. The van der Waals surface area contributed by atoms with Gasteiger partial charge in [-0.1, -0.05) is 56.1 Å². The number of aryl methyl sites for hydroxylation is 1. The first-order chi connectivity index (χ1) is 17.3. The second-order valence-corrected chi connectivity index (χ2v) is 9.27. The highest BCUT2D eigenvalue weighted by Gasteiger charge is 2.23. The van der Waals surface area contributed by atoms with Gasteiger partial charge in [0.25, 0.3) is 0 Å². The Labute approximate surface area is 217 Å². The fourth-order valence-electron chi connectivity index (χ4n) is 4.32. The van der Waals surface area contributed by atoms with Crippen molar-refractivity contribution in [3.05, 3.63) is 76.3 Å². The molecule has 1 unspecified atom stereocenters. The van der Waals surface area contributed by atoms with E-state index in [4.69, 9.17) is 16.3 Å². The smallest absolute Gasteiger partial charge is 0.305 e. The molecule has 0 spiro atoms. The minimum Gasteiger partial charge on any atom is -0.494 e. The molecule has 0 amide bonds. The summed E-state index contributed by atoms with van der Waals surface area (Å²) in [5.41, 5.74) is 3.07. The Bertz CT molecular complexity index is 1110. The molecule has 1 atom stereocenters. The van der Waals surface area contributed by atoms with Crippen LogP contribution in [0.4, 0.5) is 0 Å². The summed E-state index contributed by atoms with van der Waals surface area (Å²) in [7, 11) is 0. The summed E-state index contributed by atoms with van der Waals surface area (Å²) >= 11 is 6.08. The van der Waals surface area contributed by atoms with Crippen molar-refractivity contribution in [2.45, 2.75) is 58.7 Å². The van der Waals surface area contributed by atoms with Crippen molar-refractivity contribution < 1.29 is 24.9 Å². The Hall–Kier alpha value is -3.16. The third-order valence-electron chi connectivity index (χ3n) is 6.26. The zero-order valence-electron chi connectivity index (χ0n) is 20.9. The molecule has 7 nitrogen and oxygen atoms in total. The van der Waals surface area contributed by atoms with E-state index in [2.05, 4.69) is 24.8 Å².